The predicted molar refractivity (Wildman–Crippen MR) is 48.9 cm³/mol. The van der Waals surface area contributed by atoms with Crippen LogP contribution in [0.25, 0.3) is 0 Å². The molecule has 0 aliphatic carbocycles. The Morgan fingerprint density at radius 1 is 1.50 bits per heavy atom. The first-order valence-corrected chi connectivity index (χ1v) is 3.84. The summed E-state index contributed by atoms with van der Waals surface area (Å²) in [5, 5.41) is 20.7. The molecule has 0 spiro atoms. The molecule has 2 N–H and O–H groups in total. The minimum atomic E-state index is -3.21. The second-order valence-corrected chi connectivity index (χ2v) is 2.73. The SMILES string of the molecule is O=C(O)c1cc(O)n(CC(F)C(F)F)n1.[KH]. The van der Waals surface area contributed by atoms with Crippen LogP contribution in [0.3, 0.4) is 0 Å². The molecule has 0 amide bonds. The third-order valence-corrected chi connectivity index (χ3v) is 1.60. The summed E-state index contributed by atoms with van der Waals surface area (Å²) in [4.78, 5) is 10.4. The Kier molecular flexibility index (Phi) is 6.56. The van der Waals surface area contributed by atoms with E-state index in [1.54, 1.807) is 0 Å². The second kappa shape index (κ2) is 6.60. The molecule has 86 valence electrons. The Labute approximate surface area is 131 Å². The van der Waals surface area contributed by atoms with Gasteiger partial charge in [0.15, 0.2) is 11.9 Å². The third kappa shape index (κ3) is 4.05. The zero-order chi connectivity index (χ0) is 11.6. The second-order valence-electron chi connectivity index (χ2n) is 2.73. The topological polar surface area (TPSA) is 75.3 Å². The van der Waals surface area contributed by atoms with Crippen molar-refractivity contribution in [2.45, 2.75) is 19.1 Å². The van der Waals surface area contributed by atoms with E-state index in [1.165, 1.54) is 0 Å². The van der Waals surface area contributed by atoms with Crippen LogP contribution in [0.1, 0.15) is 10.5 Å². The summed E-state index contributed by atoms with van der Waals surface area (Å²) in [6.07, 6.45) is -5.71. The molecule has 0 fully saturated rings. The fraction of sp³-hybridized carbons (Fsp3) is 0.429. The van der Waals surface area contributed by atoms with Gasteiger partial charge in [0.05, 0.1) is 6.54 Å². The molecule has 0 aliphatic heterocycles. The van der Waals surface area contributed by atoms with E-state index in [-0.39, 0.29) is 51.4 Å². The number of carbonyl (C=O) groups is 1. The van der Waals surface area contributed by atoms with Gasteiger partial charge in [0.25, 0.3) is 6.43 Å². The molecule has 1 atom stereocenters. The molecule has 0 aliphatic rings. The first kappa shape index (κ1) is 15.9. The molecule has 16 heavy (non-hydrogen) atoms. The number of nitrogens with zero attached hydrogens (tertiary/aromatic N) is 2. The van der Waals surface area contributed by atoms with E-state index >= 15 is 0 Å². The van der Waals surface area contributed by atoms with Crippen molar-refractivity contribution in [3.8, 4) is 5.88 Å². The Hall–Kier alpha value is -0.0936. The maximum absolute atomic E-state index is 12.5. The number of rotatable bonds is 4. The number of aromatic hydroxyl groups is 1. The number of halogens is 3. The van der Waals surface area contributed by atoms with Gasteiger partial charge in [-0.3, -0.25) is 0 Å². The van der Waals surface area contributed by atoms with Crippen LogP contribution in [0.15, 0.2) is 6.07 Å². The van der Waals surface area contributed by atoms with Crippen molar-refractivity contribution in [1.29, 1.82) is 0 Å². The standard InChI is InChI=1S/C7H7F3N2O3.K.H/c8-3(6(9)10)2-12-5(13)1-4(11-12)7(14)15;;/h1,3,6,13H,2H2,(H,14,15);;. The fourth-order valence-electron chi connectivity index (χ4n) is 0.891. The van der Waals surface area contributed by atoms with E-state index in [2.05, 4.69) is 5.10 Å². The first-order valence-electron chi connectivity index (χ1n) is 3.84. The number of hydrogen-bond donors (Lipinski definition) is 2. The van der Waals surface area contributed by atoms with E-state index < -0.39 is 36.7 Å². The van der Waals surface area contributed by atoms with Crippen molar-refractivity contribution in [1.82, 2.24) is 9.78 Å². The third-order valence-electron chi connectivity index (χ3n) is 1.60. The van der Waals surface area contributed by atoms with Crippen LogP contribution < -0.4 is 0 Å². The molecule has 0 aromatic carbocycles. The molecule has 1 rings (SSSR count). The summed E-state index contributed by atoms with van der Waals surface area (Å²) in [6.45, 7) is -0.892. The molecule has 0 saturated carbocycles. The summed E-state index contributed by atoms with van der Waals surface area (Å²) in [5.74, 6) is -2.10. The van der Waals surface area contributed by atoms with E-state index in [1.807, 2.05) is 0 Å². The molecule has 0 bridgehead atoms. The Bertz CT molecular complexity index is 372. The molecule has 1 aromatic heterocycles. The van der Waals surface area contributed by atoms with Crippen molar-refractivity contribution in [3.05, 3.63) is 11.8 Å². The molecule has 1 heterocycles. The summed E-state index contributed by atoms with van der Waals surface area (Å²) >= 11 is 0. The molecule has 5 nitrogen and oxygen atoms in total. The molecule has 1 unspecified atom stereocenters. The Morgan fingerprint density at radius 2 is 2.06 bits per heavy atom. The van der Waals surface area contributed by atoms with Crippen LogP contribution in [-0.4, -0.2) is 89.9 Å². The van der Waals surface area contributed by atoms with Gasteiger partial charge in [0.1, 0.15) is 0 Å². The van der Waals surface area contributed by atoms with Crippen molar-refractivity contribution >= 4 is 57.4 Å². The van der Waals surface area contributed by atoms with Gasteiger partial charge in [-0.05, 0) is 0 Å². The molecule has 0 saturated heterocycles. The van der Waals surface area contributed by atoms with Gasteiger partial charge in [-0.25, -0.2) is 22.6 Å². The summed E-state index contributed by atoms with van der Waals surface area (Å²) in [6, 6.07) is 0.751. The van der Waals surface area contributed by atoms with E-state index in [4.69, 9.17) is 10.2 Å². The van der Waals surface area contributed by atoms with E-state index in [0.717, 1.165) is 6.07 Å². The zero-order valence-corrected chi connectivity index (χ0v) is 7.27. The average molecular weight is 264 g/mol. The average Bonchev–Trinajstić information content (AvgIpc) is 2.47. The minimum absolute atomic E-state index is 0. The number of hydrogen-bond acceptors (Lipinski definition) is 3. The van der Waals surface area contributed by atoms with Gasteiger partial charge >= 0.3 is 57.4 Å². The summed E-state index contributed by atoms with van der Waals surface area (Å²) in [5.41, 5.74) is -0.533. The fourth-order valence-corrected chi connectivity index (χ4v) is 0.891. The Balaban J connectivity index is 0.00000225. The van der Waals surface area contributed by atoms with Gasteiger partial charge in [0.2, 0.25) is 5.88 Å². The Morgan fingerprint density at radius 3 is 2.44 bits per heavy atom. The van der Waals surface area contributed by atoms with Gasteiger partial charge in [-0.2, -0.15) is 5.10 Å². The number of carboxylic acids is 1. The van der Waals surface area contributed by atoms with Crippen LogP contribution in [0, 0.1) is 0 Å². The van der Waals surface area contributed by atoms with Crippen LogP contribution >= 0.6 is 0 Å². The number of alkyl halides is 3. The molecular weight excluding hydrogens is 256 g/mol. The van der Waals surface area contributed by atoms with Crippen molar-refractivity contribution in [2.24, 2.45) is 0 Å². The molecule has 0 radical (unpaired) electrons. The maximum atomic E-state index is 12.5. The number of aromatic nitrogens is 2. The van der Waals surface area contributed by atoms with E-state index in [9.17, 15) is 18.0 Å². The van der Waals surface area contributed by atoms with Crippen molar-refractivity contribution < 1.29 is 28.2 Å². The normalized spacial score (nSPS) is 12.2. The number of carboxylic acid groups (broad SMARTS) is 1. The molecule has 1 aromatic rings. The van der Waals surface area contributed by atoms with Crippen LogP contribution in [0.2, 0.25) is 0 Å². The van der Waals surface area contributed by atoms with Crippen molar-refractivity contribution in [2.75, 3.05) is 0 Å². The summed E-state index contributed by atoms with van der Waals surface area (Å²) in [7, 11) is 0. The van der Waals surface area contributed by atoms with Crippen LogP contribution in [0.5, 0.6) is 5.88 Å². The van der Waals surface area contributed by atoms with Crippen molar-refractivity contribution in [3.63, 3.8) is 0 Å². The van der Waals surface area contributed by atoms with Gasteiger partial charge in [0, 0.05) is 6.07 Å². The van der Waals surface area contributed by atoms with Gasteiger partial charge in [-0.1, -0.05) is 0 Å². The monoisotopic (exact) mass is 264 g/mol. The number of aromatic carboxylic acids is 1. The van der Waals surface area contributed by atoms with E-state index in [0.29, 0.717) is 4.68 Å². The van der Waals surface area contributed by atoms with Gasteiger partial charge in [-0.15, -0.1) is 0 Å². The van der Waals surface area contributed by atoms with Gasteiger partial charge < -0.3 is 10.2 Å². The first-order chi connectivity index (χ1) is 6.91. The van der Waals surface area contributed by atoms with Crippen LogP contribution in [0.4, 0.5) is 13.2 Å². The molecular formula is C7H8F3KN2O3. The summed E-state index contributed by atoms with van der Waals surface area (Å²) < 4.78 is 36.6. The predicted octanol–water partition coefficient (Wildman–Crippen LogP) is 0.242. The van der Waals surface area contributed by atoms with Crippen LogP contribution in [-0.2, 0) is 6.54 Å². The zero-order valence-electron chi connectivity index (χ0n) is 7.27. The molecule has 9 heteroatoms. The quantitative estimate of drug-likeness (QED) is 0.764.